The number of fused-ring (bicyclic) bond motifs is 1. The fourth-order valence-electron chi connectivity index (χ4n) is 4.01. The Kier molecular flexibility index (Phi) is 6.83. The van der Waals surface area contributed by atoms with E-state index in [9.17, 15) is 0 Å². The zero-order chi connectivity index (χ0) is 23.4. The highest BCUT2D eigenvalue weighted by atomic mass is 16.5. The average molecular weight is 442 g/mol. The summed E-state index contributed by atoms with van der Waals surface area (Å²) in [6.45, 7) is 11.4. The molecule has 4 rings (SSSR count). The fraction of sp³-hybridized carbons (Fsp3) is 0.276. The van der Waals surface area contributed by atoms with Gasteiger partial charge in [0.25, 0.3) is 0 Å². The Morgan fingerprint density at radius 3 is 2.12 bits per heavy atom. The standard InChI is InChI=1S/C29H31NO3/c1-6-16-32-25-14-10-22(11-15-25)23-17-26(30-24-12-8-19(3)9-13-24)28-20(4)33-21(5)29(28)27(18-23)31-7-2/h8-15,17-18H,6-7,16H2,1-5H3. The van der Waals surface area contributed by atoms with Crippen LogP contribution < -0.4 is 14.8 Å². The second-order valence-electron chi connectivity index (χ2n) is 8.21. The van der Waals surface area contributed by atoms with Crippen LogP contribution in [0.4, 0.5) is 5.69 Å². The summed E-state index contributed by atoms with van der Waals surface area (Å²) in [5.41, 5.74) is 4.21. The van der Waals surface area contributed by atoms with Crippen LogP contribution in [-0.4, -0.2) is 13.2 Å². The van der Waals surface area contributed by atoms with Crippen molar-refractivity contribution in [3.8, 4) is 22.6 Å². The highest BCUT2D eigenvalue weighted by molar-refractivity contribution is 5.93. The van der Waals surface area contributed by atoms with Gasteiger partial charge in [0.2, 0.25) is 0 Å². The summed E-state index contributed by atoms with van der Waals surface area (Å²) in [5.74, 6) is 3.34. The minimum Gasteiger partial charge on any atom is -0.494 e. The Bertz CT molecular complexity index is 1320. The molecule has 1 heterocycles. The topological polar surface area (TPSA) is 44.0 Å². The third kappa shape index (κ3) is 4.95. The normalized spacial score (nSPS) is 11.7. The lowest BCUT2D eigenvalue weighted by Crippen LogP contribution is -2.00. The molecule has 0 saturated carbocycles. The maximum atomic E-state index is 6.11. The van der Waals surface area contributed by atoms with Crippen molar-refractivity contribution >= 4 is 16.5 Å². The molecule has 0 N–H and O–H groups in total. The van der Waals surface area contributed by atoms with Gasteiger partial charge in [-0.2, -0.15) is 0 Å². The molecular formula is C29H31NO3. The number of nitrogens with zero attached hydrogens (tertiary/aromatic N) is 1. The molecule has 0 aliphatic heterocycles. The van der Waals surface area contributed by atoms with Crippen molar-refractivity contribution in [1.29, 1.82) is 0 Å². The first-order valence-corrected chi connectivity index (χ1v) is 11.6. The molecule has 4 heteroatoms. The number of furan rings is 1. The lowest BCUT2D eigenvalue weighted by molar-refractivity contribution is 0.317. The predicted molar refractivity (Wildman–Crippen MR) is 134 cm³/mol. The van der Waals surface area contributed by atoms with Crippen LogP contribution >= 0.6 is 0 Å². The molecule has 0 unspecified atom stereocenters. The quantitative estimate of drug-likeness (QED) is 0.299. The Hall–Kier alpha value is -3.53. The molecule has 0 bridgehead atoms. The van der Waals surface area contributed by atoms with E-state index in [1.165, 1.54) is 5.56 Å². The summed E-state index contributed by atoms with van der Waals surface area (Å²) in [6, 6.07) is 20.6. The van der Waals surface area contributed by atoms with E-state index in [0.717, 1.165) is 62.4 Å². The van der Waals surface area contributed by atoms with Crippen LogP contribution in [0.1, 0.15) is 37.4 Å². The van der Waals surface area contributed by atoms with Crippen LogP contribution in [0, 0.1) is 20.8 Å². The van der Waals surface area contributed by atoms with Gasteiger partial charge < -0.3 is 13.9 Å². The molecule has 0 aliphatic rings. The molecule has 4 nitrogen and oxygen atoms in total. The van der Waals surface area contributed by atoms with E-state index >= 15 is 0 Å². The van der Waals surface area contributed by atoms with Crippen LogP contribution in [0.15, 0.2) is 70.1 Å². The van der Waals surface area contributed by atoms with Crippen molar-refractivity contribution < 1.29 is 13.9 Å². The minimum atomic E-state index is 0.566. The van der Waals surface area contributed by atoms with Crippen LogP contribution in [0.2, 0.25) is 0 Å². The zero-order valence-electron chi connectivity index (χ0n) is 20.1. The van der Waals surface area contributed by atoms with Crippen LogP contribution in [0.25, 0.3) is 21.9 Å². The van der Waals surface area contributed by atoms with Gasteiger partial charge in [0.1, 0.15) is 23.0 Å². The molecule has 0 fully saturated rings. The first kappa shape index (κ1) is 22.7. The maximum Gasteiger partial charge on any atom is 0.131 e. The van der Waals surface area contributed by atoms with Gasteiger partial charge in [0.05, 0.1) is 35.0 Å². The summed E-state index contributed by atoms with van der Waals surface area (Å²) in [6.07, 6.45) is 0.983. The molecule has 33 heavy (non-hydrogen) atoms. The monoisotopic (exact) mass is 441 g/mol. The van der Waals surface area contributed by atoms with E-state index < -0.39 is 0 Å². The Labute approximate surface area is 195 Å². The molecule has 0 saturated heterocycles. The molecule has 0 amide bonds. The van der Waals surface area contributed by atoms with Gasteiger partial charge in [-0.25, -0.2) is 4.99 Å². The van der Waals surface area contributed by atoms with Crippen molar-refractivity contribution in [2.75, 3.05) is 13.2 Å². The number of hydrogen-bond acceptors (Lipinski definition) is 4. The minimum absolute atomic E-state index is 0.566. The van der Waals surface area contributed by atoms with Gasteiger partial charge in [0, 0.05) is 0 Å². The molecule has 1 aromatic heterocycles. The van der Waals surface area contributed by atoms with Crippen molar-refractivity contribution in [2.45, 2.75) is 41.0 Å². The van der Waals surface area contributed by atoms with Gasteiger partial charge in [-0.1, -0.05) is 36.8 Å². The van der Waals surface area contributed by atoms with Gasteiger partial charge in [-0.3, -0.25) is 0 Å². The lowest BCUT2D eigenvalue weighted by Gasteiger charge is -2.07. The summed E-state index contributed by atoms with van der Waals surface area (Å²) in [4.78, 5) is 5.03. The summed E-state index contributed by atoms with van der Waals surface area (Å²) < 4.78 is 17.9. The lowest BCUT2D eigenvalue weighted by atomic mass is 10.1. The average Bonchev–Trinajstić information content (AvgIpc) is 3.01. The van der Waals surface area contributed by atoms with Crippen molar-refractivity contribution in [1.82, 2.24) is 0 Å². The number of aryl methyl sites for hydroxylation is 3. The first-order chi connectivity index (χ1) is 16.0. The predicted octanol–water partition coefficient (Wildman–Crippen LogP) is 7.44. The van der Waals surface area contributed by atoms with E-state index in [2.05, 4.69) is 50.2 Å². The second kappa shape index (κ2) is 9.95. The molecule has 4 aromatic rings. The SMILES string of the molecule is CCCOc1ccc(-c2cc(OCC)c3c(C)oc(C)c3c(=Nc3ccc(C)cc3)c2)cc1. The van der Waals surface area contributed by atoms with Crippen molar-refractivity contribution in [3.05, 3.63) is 83.1 Å². The maximum absolute atomic E-state index is 6.11. The van der Waals surface area contributed by atoms with E-state index in [1.807, 2.05) is 45.0 Å². The summed E-state index contributed by atoms with van der Waals surface area (Å²) >= 11 is 0. The van der Waals surface area contributed by atoms with E-state index in [0.29, 0.717) is 13.2 Å². The van der Waals surface area contributed by atoms with Crippen LogP contribution in [-0.2, 0) is 0 Å². The molecule has 0 aliphatic carbocycles. The van der Waals surface area contributed by atoms with Crippen LogP contribution in [0.3, 0.4) is 0 Å². The summed E-state index contributed by atoms with van der Waals surface area (Å²) in [5, 5.41) is 2.80. The van der Waals surface area contributed by atoms with Gasteiger partial charge in [-0.15, -0.1) is 0 Å². The van der Waals surface area contributed by atoms with E-state index in [1.54, 1.807) is 0 Å². The van der Waals surface area contributed by atoms with Gasteiger partial charge >= 0.3 is 0 Å². The van der Waals surface area contributed by atoms with Gasteiger partial charge in [0.15, 0.2) is 0 Å². The highest BCUT2D eigenvalue weighted by Gasteiger charge is 2.15. The van der Waals surface area contributed by atoms with Crippen molar-refractivity contribution in [2.24, 2.45) is 4.99 Å². The van der Waals surface area contributed by atoms with Crippen molar-refractivity contribution in [3.63, 3.8) is 0 Å². The van der Waals surface area contributed by atoms with Crippen LogP contribution in [0.5, 0.6) is 11.5 Å². The number of rotatable bonds is 7. The zero-order valence-corrected chi connectivity index (χ0v) is 20.1. The smallest absolute Gasteiger partial charge is 0.131 e. The summed E-state index contributed by atoms with van der Waals surface area (Å²) in [7, 11) is 0. The molecule has 170 valence electrons. The largest absolute Gasteiger partial charge is 0.494 e. The van der Waals surface area contributed by atoms with Gasteiger partial charge in [-0.05, 0) is 81.6 Å². The van der Waals surface area contributed by atoms with E-state index in [4.69, 9.17) is 18.9 Å². The third-order valence-corrected chi connectivity index (χ3v) is 5.59. The molecule has 0 radical (unpaired) electrons. The number of benzene rings is 2. The molecule has 0 spiro atoms. The molecular weight excluding hydrogens is 410 g/mol. The van der Waals surface area contributed by atoms with E-state index in [-0.39, 0.29) is 0 Å². The first-order valence-electron chi connectivity index (χ1n) is 11.6. The third-order valence-electron chi connectivity index (χ3n) is 5.59. The number of hydrogen-bond donors (Lipinski definition) is 0. The molecule has 3 aromatic carbocycles. The number of ether oxygens (including phenoxy) is 2. The Morgan fingerprint density at radius 2 is 1.45 bits per heavy atom. The second-order valence-corrected chi connectivity index (χ2v) is 8.21. The Morgan fingerprint density at radius 1 is 0.758 bits per heavy atom. The molecule has 0 atom stereocenters. The fourth-order valence-corrected chi connectivity index (χ4v) is 4.01. The Balaban J connectivity index is 1.99. The highest BCUT2D eigenvalue weighted by Crippen LogP contribution is 2.34.